The van der Waals surface area contributed by atoms with Crippen molar-refractivity contribution >= 4 is 38.6 Å². The molecule has 4 aromatic rings. The van der Waals surface area contributed by atoms with E-state index in [-0.39, 0.29) is 23.4 Å². The zero-order valence-electron chi connectivity index (χ0n) is 19.2. The van der Waals surface area contributed by atoms with E-state index in [0.29, 0.717) is 35.1 Å². The number of hydrogen-bond donors (Lipinski definition) is 2. The van der Waals surface area contributed by atoms with E-state index in [4.69, 9.17) is 9.47 Å². The number of nitrogens with one attached hydrogen (secondary N) is 2. The Balaban J connectivity index is 1.79. The Morgan fingerprint density at radius 1 is 1.14 bits per heavy atom. The molecule has 4 heterocycles. The van der Waals surface area contributed by atoms with E-state index < -0.39 is 9.84 Å². The predicted molar refractivity (Wildman–Crippen MR) is 129 cm³/mol. The third-order valence-corrected chi connectivity index (χ3v) is 5.70. The van der Waals surface area contributed by atoms with Crippen LogP contribution in [-0.2, 0) is 19.4 Å². The quantitative estimate of drug-likeness (QED) is 0.330. The maximum Gasteiger partial charge on any atom is 0.222 e. The summed E-state index contributed by atoms with van der Waals surface area (Å²) in [6.07, 6.45) is 5.85. The highest BCUT2D eigenvalue weighted by Crippen LogP contribution is 2.32. The molecule has 0 aliphatic carbocycles. The number of amides is 1. The van der Waals surface area contributed by atoms with Crippen molar-refractivity contribution < 1.29 is 22.7 Å². The normalized spacial score (nSPS) is 11.4. The summed E-state index contributed by atoms with van der Waals surface area (Å²) >= 11 is 0. The second-order valence-electron chi connectivity index (χ2n) is 7.54. The van der Waals surface area contributed by atoms with E-state index >= 15 is 0 Å². The number of anilines is 3. The molecule has 182 valence electrons. The average molecular weight is 498 g/mol. The van der Waals surface area contributed by atoms with Crippen molar-refractivity contribution in [2.24, 2.45) is 0 Å². The van der Waals surface area contributed by atoms with E-state index in [1.165, 1.54) is 20.1 Å². The highest BCUT2D eigenvalue weighted by atomic mass is 32.2. The molecular weight excluding hydrogens is 474 g/mol. The topological polar surface area (TPSA) is 150 Å². The maximum absolute atomic E-state index is 12.2. The Bertz CT molecular complexity index is 1450. The van der Waals surface area contributed by atoms with Crippen molar-refractivity contribution in [3.63, 3.8) is 0 Å². The Labute approximate surface area is 201 Å². The van der Waals surface area contributed by atoms with Gasteiger partial charge < -0.3 is 20.1 Å². The van der Waals surface area contributed by atoms with Crippen LogP contribution in [0.15, 0.2) is 54.1 Å². The van der Waals surface area contributed by atoms with Crippen LogP contribution in [0.5, 0.6) is 5.75 Å². The number of pyridine rings is 2. The number of ether oxygens (including phenoxy) is 2. The highest BCUT2D eigenvalue weighted by Gasteiger charge is 2.17. The Hall–Kier alpha value is -4.10. The second-order valence-corrected chi connectivity index (χ2v) is 9.50. The summed E-state index contributed by atoms with van der Waals surface area (Å²) in [5.74, 6) is 0.523. The van der Waals surface area contributed by atoms with E-state index in [9.17, 15) is 13.2 Å². The molecule has 13 heteroatoms. The molecule has 0 unspecified atom stereocenters. The van der Waals surface area contributed by atoms with Crippen LogP contribution in [-0.4, -0.2) is 65.5 Å². The molecule has 2 N–H and O–H groups in total. The van der Waals surface area contributed by atoms with E-state index in [1.807, 2.05) is 12.1 Å². The number of methoxy groups -OCH3 is 1. The lowest BCUT2D eigenvalue weighted by molar-refractivity contribution is -0.114. The van der Waals surface area contributed by atoms with Gasteiger partial charge in [0, 0.05) is 56.4 Å². The van der Waals surface area contributed by atoms with Crippen LogP contribution in [0.25, 0.3) is 16.8 Å². The van der Waals surface area contributed by atoms with Crippen molar-refractivity contribution in [2.75, 3.05) is 37.2 Å². The van der Waals surface area contributed by atoms with Gasteiger partial charge in [0.15, 0.2) is 14.9 Å². The van der Waals surface area contributed by atoms with Gasteiger partial charge in [-0.1, -0.05) is 0 Å². The summed E-state index contributed by atoms with van der Waals surface area (Å²) in [4.78, 5) is 24.2. The Kier molecular flexibility index (Phi) is 6.89. The molecule has 0 radical (unpaired) electrons. The molecule has 4 aromatic heterocycles. The molecule has 0 saturated carbocycles. The minimum absolute atomic E-state index is 0.161. The molecule has 0 bridgehead atoms. The highest BCUT2D eigenvalue weighted by molar-refractivity contribution is 7.90. The van der Waals surface area contributed by atoms with Gasteiger partial charge in [-0.15, -0.1) is 0 Å². The van der Waals surface area contributed by atoms with E-state index in [1.54, 1.807) is 35.4 Å². The lowest BCUT2D eigenvalue weighted by atomic mass is 10.1. The van der Waals surface area contributed by atoms with Crippen LogP contribution in [0.2, 0.25) is 0 Å². The van der Waals surface area contributed by atoms with E-state index in [0.717, 1.165) is 11.8 Å². The number of nitrogens with zero attached hydrogens (tertiary/aromatic N) is 5. The standard InChI is InChI=1S/C22H23N7O5S/c1-14(30)25-20-11-18(17(12-24-20)19-8-15-4-5-23-13-29(15)28-19)26-21-9-16(34-7-6-33-2)10-22(27-21)35(3,31)32/h4-5,8-13H,6-7H2,1-3H3,(H2,24,25,26,27,30). The van der Waals surface area contributed by atoms with Crippen molar-refractivity contribution in [3.8, 4) is 17.0 Å². The van der Waals surface area contributed by atoms with Gasteiger partial charge in [-0.3, -0.25) is 4.79 Å². The van der Waals surface area contributed by atoms with Crippen LogP contribution in [0.3, 0.4) is 0 Å². The Morgan fingerprint density at radius 2 is 1.97 bits per heavy atom. The molecule has 0 saturated heterocycles. The number of rotatable bonds is 9. The zero-order chi connectivity index (χ0) is 25.0. The molecular formula is C22H23N7O5S. The predicted octanol–water partition coefficient (Wildman–Crippen LogP) is 2.32. The fourth-order valence-electron chi connectivity index (χ4n) is 3.19. The summed E-state index contributed by atoms with van der Waals surface area (Å²) in [5.41, 5.74) is 2.48. The number of carbonyl (C=O) groups excluding carboxylic acids is 1. The summed E-state index contributed by atoms with van der Waals surface area (Å²) in [6, 6.07) is 8.19. The summed E-state index contributed by atoms with van der Waals surface area (Å²) < 4.78 is 36.7. The third-order valence-electron chi connectivity index (χ3n) is 4.73. The molecule has 0 fully saturated rings. The Morgan fingerprint density at radius 3 is 2.69 bits per heavy atom. The summed E-state index contributed by atoms with van der Waals surface area (Å²) in [5, 5.41) is 10.1. The first kappa shape index (κ1) is 24.0. The minimum atomic E-state index is -3.63. The molecule has 4 rings (SSSR count). The fraction of sp³-hybridized carbons (Fsp3) is 0.227. The third kappa shape index (κ3) is 5.88. The molecule has 1 amide bonds. The first-order valence-electron chi connectivity index (χ1n) is 10.4. The van der Waals surface area contributed by atoms with Gasteiger partial charge >= 0.3 is 0 Å². The van der Waals surface area contributed by atoms with Crippen molar-refractivity contribution in [2.45, 2.75) is 11.9 Å². The largest absolute Gasteiger partial charge is 0.491 e. The smallest absolute Gasteiger partial charge is 0.222 e. The van der Waals surface area contributed by atoms with Crippen LogP contribution >= 0.6 is 0 Å². The van der Waals surface area contributed by atoms with Gasteiger partial charge in [-0.25, -0.2) is 27.9 Å². The minimum Gasteiger partial charge on any atom is -0.491 e. The van der Waals surface area contributed by atoms with Crippen molar-refractivity contribution in [1.29, 1.82) is 0 Å². The molecule has 35 heavy (non-hydrogen) atoms. The number of aromatic nitrogens is 5. The number of hydrogen-bond acceptors (Lipinski definition) is 10. The lowest BCUT2D eigenvalue weighted by Crippen LogP contribution is -2.09. The van der Waals surface area contributed by atoms with Crippen LogP contribution in [0, 0.1) is 0 Å². The number of carbonyl (C=O) groups is 1. The van der Waals surface area contributed by atoms with Gasteiger partial charge in [0.1, 0.15) is 30.3 Å². The van der Waals surface area contributed by atoms with Gasteiger partial charge in [0.2, 0.25) is 5.91 Å². The second kappa shape index (κ2) is 10.0. The van der Waals surface area contributed by atoms with Crippen LogP contribution < -0.4 is 15.4 Å². The molecule has 12 nitrogen and oxygen atoms in total. The first-order chi connectivity index (χ1) is 16.7. The molecule has 0 atom stereocenters. The van der Waals surface area contributed by atoms with Gasteiger partial charge in [-0.05, 0) is 12.1 Å². The fourth-order valence-corrected chi connectivity index (χ4v) is 3.78. The maximum atomic E-state index is 12.2. The van der Waals surface area contributed by atoms with Gasteiger partial charge in [0.25, 0.3) is 0 Å². The molecule has 0 aromatic carbocycles. The number of fused-ring (bicyclic) bond motifs is 1. The summed E-state index contributed by atoms with van der Waals surface area (Å²) in [7, 11) is -2.09. The first-order valence-corrected chi connectivity index (χ1v) is 12.3. The number of sulfone groups is 1. The zero-order valence-corrected chi connectivity index (χ0v) is 20.0. The monoisotopic (exact) mass is 497 g/mol. The molecule has 0 spiro atoms. The van der Waals surface area contributed by atoms with Gasteiger partial charge in [-0.2, -0.15) is 5.10 Å². The van der Waals surface area contributed by atoms with Crippen molar-refractivity contribution in [3.05, 3.63) is 49.1 Å². The van der Waals surface area contributed by atoms with Gasteiger partial charge in [0.05, 0.1) is 23.5 Å². The van der Waals surface area contributed by atoms with E-state index in [2.05, 4.69) is 30.7 Å². The SMILES string of the molecule is COCCOc1cc(Nc2cc(NC(C)=O)ncc2-c2cc3ccncn3n2)nc(S(C)(=O)=O)c1. The summed E-state index contributed by atoms with van der Waals surface area (Å²) in [6.45, 7) is 1.93. The average Bonchev–Trinajstić information content (AvgIpc) is 3.22. The molecule has 0 aliphatic heterocycles. The molecule has 0 aliphatic rings. The van der Waals surface area contributed by atoms with Crippen molar-refractivity contribution in [1.82, 2.24) is 24.6 Å². The van der Waals surface area contributed by atoms with Crippen LogP contribution in [0.4, 0.5) is 17.3 Å². The lowest BCUT2D eigenvalue weighted by Gasteiger charge is -2.14. The van der Waals surface area contributed by atoms with Crippen LogP contribution in [0.1, 0.15) is 6.92 Å².